The summed E-state index contributed by atoms with van der Waals surface area (Å²) in [6.45, 7) is 3.67. The minimum Gasteiger partial charge on any atom is -0.468 e. The van der Waals surface area contributed by atoms with Crippen LogP contribution in [-0.4, -0.2) is 41.6 Å². The Hall–Kier alpha value is -1.14. The van der Waals surface area contributed by atoms with Gasteiger partial charge in [0.2, 0.25) is 0 Å². The molecule has 2 atom stereocenters. The van der Waals surface area contributed by atoms with Gasteiger partial charge in [0, 0.05) is 6.42 Å². The molecule has 6 nitrogen and oxygen atoms in total. The fourth-order valence-electron chi connectivity index (χ4n) is 1.31. The molecule has 0 saturated heterocycles. The molecule has 0 radical (unpaired) electrons. The Morgan fingerprint density at radius 2 is 2.33 bits per heavy atom. The average molecular weight is 216 g/mol. The quantitative estimate of drug-likeness (QED) is 0.614. The van der Waals surface area contributed by atoms with Crippen LogP contribution in [0.3, 0.4) is 0 Å². The fourth-order valence-corrected chi connectivity index (χ4v) is 1.31. The normalized spacial score (nSPS) is 22.6. The van der Waals surface area contributed by atoms with Crippen molar-refractivity contribution >= 4 is 11.7 Å². The number of aliphatic hydroxyl groups excluding tert-OH is 1. The molecule has 86 valence electrons. The molecule has 0 aromatic carbocycles. The van der Waals surface area contributed by atoms with Crippen molar-refractivity contribution in [3.8, 4) is 0 Å². The van der Waals surface area contributed by atoms with E-state index in [1.807, 2.05) is 13.8 Å². The molecule has 6 heteroatoms. The number of hydrogen-bond donors (Lipinski definition) is 2. The lowest BCUT2D eigenvalue weighted by Gasteiger charge is -2.17. The molecule has 0 amide bonds. The van der Waals surface area contributed by atoms with E-state index in [-0.39, 0.29) is 0 Å². The largest absolute Gasteiger partial charge is 0.468 e. The molecule has 0 aromatic rings. The summed E-state index contributed by atoms with van der Waals surface area (Å²) in [5.74, 6) is -0.671. The number of hydrogen-bond acceptors (Lipinski definition) is 6. The molecule has 0 spiro atoms. The maximum absolute atomic E-state index is 11.1. The highest BCUT2D eigenvalue weighted by Crippen LogP contribution is 2.24. The van der Waals surface area contributed by atoms with Crippen LogP contribution in [0.1, 0.15) is 20.3 Å². The first-order chi connectivity index (χ1) is 6.87. The molecule has 0 bridgehead atoms. The maximum atomic E-state index is 11.1. The Morgan fingerprint density at radius 1 is 1.73 bits per heavy atom. The van der Waals surface area contributed by atoms with E-state index in [2.05, 4.69) is 9.89 Å². The summed E-state index contributed by atoms with van der Waals surface area (Å²) in [6.07, 6.45) is -0.710. The number of carbonyl (C=O) groups excluding carboxylic acids is 1. The summed E-state index contributed by atoms with van der Waals surface area (Å²) in [5.41, 5.74) is 5.40. The van der Waals surface area contributed by atoms with Crippen LogP contribution in [0.25, 0.3) is 0 Å². The first-order valence-electron chi connectivity index (χ1n) is 4.64. The fraction of sp³-hybridized carbons (Fsp3) is 0.778. The minimum absolute atomic E-state index is 0.373. The molecule has 15 heavy (non-hydrogen) atoms. The van der Waals surface area contributed by atoms with Crippen molar-refractivity contribution in [2.75, 3.05) is 7.11 Å². The number of methoxy groups -OCH3 is 1. The van der Waals surface area contributed by atoms with Crippen molar-refractivity contribution in [3.05, 3.63) is 0 Å². The molecular formula is C9H16N2O4. The highest BCUT2D eigenvalue weighted by Gasteiger charge is 2.36. The Kier molecular flexibility index (Phi) is 3.31. The highest BCUT2D eigenvalue weighted by molar-refractivity contribution is 5.95. The van der Waals surface area contributed by atoms with Gasteiger partial charge < -0.3 is 20.4 Å². The van der Waals surface area contributed by atoms with Crippen molar-refractivity contribution in [2.45, 2.75) is 38.0 Å². The topological polar surface area (TPSA) is 94.1 Å². The number of aliphatic hydroxyl groups is 1. The predicted molar refractivity (Wildman–Crippen MR) is 53.2 cm³/mol. The van der Waals surface area contributed by atoms with Crippen LogP contribution >= 0.6 is 0 Å². The number of nitrogens with two attached hydrogens (primary N) is 1. The van der Waals surface area contributed by atoms with E-state index in [1.54, 1.807) is 0 Å². The summed E-state index contributed by atoms with van der Waals surface area (Å²) in [4.78, 5) is 16.1. The van der Waals surface area contributed by atoms with Crippen LogP contribution in [0.2, 0.25) is 0 Å². The maximum Gasteiger partial charge on any atom is 0.325 e. The SMILES string of the molecule is COC(=O)[C@@H](N)[C@H](O)C1=NOC(C)(C)C1. The second-order valence-electron chi connectivity index (χ2n) is 4.10. The van der Waals surface area contributed by atoms with Gasteiger partial charge in [-0.05, 0) is 13.8 Å². The van der Waals surface area contributed by atoms with E-state index in [0.717, 1.165) is 0 Å². The van der Waals surface area contributed by atoms with Gasteiger partial charge in [0.1, 0.15) is 17.7 Å². The van der Waals surface area contributed by atoms with Gasteiger partial charge in [0.05, 0.1) is 12.8 Å². The van der Waals surface area contributed by atoms with Crippen molar-refractivity contribution in [3.63, 3.8) is 0 Å². The van der Waals surface area contributed by atoms with Crippen LogP contribution in [0.15, 0.2) is 5.16 Å². The summed E-state index contributed by atoms with van der Waals surface area (Å²) < 4.78 is 4.42. The standard InChI is InChI=1S/C9H16N2O4/c1-9(2)4-5(11-15-9)7(12)6(10)8(13)14-3/h6-7,12H,4,10H2,1-3H3/t6-,7+/m0/s1. The lowest BCUT2D eigenvalue weighted by molar-refractivity contribution is -0.143. The van der Waals surface area contributed by atoms with Crippen LogP contribution in [0.4, 0.5) is 0 Å². The second kappa shape index (κ2) is 4.16. The van der Waals surface area contributed by atoms with Gasteiger partial charge in [-0.2, -0.15) is 0 Å². The minimum atomic E-state index is -1.15. The third-order valence-electron chi connectivity index (χ3n) is 2.17. The molecule has 1 aliphatic rings. The van der Waals surface area contributed by atoms with Crippen LogP contribution in [0, 0.1) is 0 Å². The molecule has 1 heterocycles. The van der Waals surface area contributed by atoms with E-state index in [4.69, 9.17) is 10.6 Å². The highest BCUT2D eigenvalue weighted by atomic mass is 16.7. The zero-order valence-corrected chi connectivity index (χ0v) is 9.06. The molecule has 0 aromatic heterocycles. The van der Waals surface area contributed by atoms with Gasteiger partial charge in [-0.3, -0.25) is 4.79 Å². The van der Waals surface area contributed by atoms with E-state index in [0.29, 0.717) is 12.1 Å². The van der Waals surface area contributed by atoms with E-state index < -0.39 is 23.7 Å². The first-order valence-corrected chi connectivity index (χ1v) is 4.64. The molecule has 1 aliphatic heterocycles. The third-order valence-corrected chi connectivity index (χ3v) is 2.17. The number of rotatable bonds is 3. The molecule has 0 fully saturated rings. The van der Waals surface area contributed by atoms with Crippen LogP contribution in [-0.2, 0) is 14.4 Å². The summed E-state index contributed by atoms with van der Waals surface area (Å²) in [6, 6.07) is -1.12. The van der Waals surface area contributed by atoms with Gasteiger partial charge in [-0.15, -0.1) is 0 Å². The number of esters is 1. The zero-order chi connectivity index (χ0) is 11.6. The lowest BCUT2D eigenvalue weighted by atomic mass is 9.96. The Bertz CT molecular complexity index is 288. The predicted octanol–water partition coefficient (Wildman–Crippen LogP) is -0.598. The monoisotopic (exact) mass is 216 g/mol. The molecule has 0 unspecified atom stereocenters. The Balaban J connectivity index is 2.63. The van der Waals surface area contributed by atoms with Crippen molar-refractivity contribution < 1.29 is 19.5 Å². The van der Waals surface area contributed by atoms with Gasteiger partial charge in [0.25, 0.3) is 0 Å². The molecule has 1 rings (SSSR count). The van der Waals surface area contributed by atoms with Gasteiger partial charge in [-0.25, -0.2) is 0 Å². The Labute approximate surface area is 88.0 Å². The van der Waals surface area contributed by atoms with Gasteiger partial charge in [-0.1, -0.05) is 5.16 Å². The smallest absolute Gasteiger partial charge is 0.325 e. The summed E-state index contributed by atoms with van der Waals surface area (Å²) in [5, 5.41) is 13.4. The molecule has 0 aliphatic carbocycles. The van der Waals surface area contributed by atoms with Crippen molar-refractivity contribution in [1.29, 1.82) is 0 Å². The van der Waals surface area contributed by atoms with Crippen LogP contribution < -0.4 is 5.73 Å². The number of ether oxygens (including phenoxy) is 1. The lowest BCUT2D eigenvalue weighted by Crippen LogP contribution is -2.47. The van der Waals surface area contributed by atoms with Crippen molar-refractivity contribution in [2.24, 2.45) is 10.9 Å². The van der Waals surface area contributed by atoms with Gasteiger partial charge >= 0.3 is 5.97 Å². The number of carbonyl (C=O) groups is 1. The summed E-state index contributed by atoms with van der Waals surface area (Å²) in [7, 11) is 1.21. The number of oxime groups is 1. The summed E-state index contributed by atoms with van der Waals surface area (Å²) >= 11 is 0. The van der Waals surface area contributed by atoms with E-state index in [9.17, 15) is 9.90 Å². The number of nitrogens with zero attached hydrogens (tertiary/aromatic N) is 1. The second-order valence-corrected chi connectivity index (χ2v) is 4.10. The van der Waals surface area contributed by atoms with E-state index >= 15 is 0 Å². The first kappa shape index (κ1) is 11.9. The van der Waals surface area contributed by atoms with Crippen LogP contribution in [0.5, 0.6) is 0 Å². The van der Waals surface area contributed by atoms with Crippen molar-refractivity contribution in [1.82, 2.24) is 0 Å². The Morgan fingerprint density at radius 3 is 2.73 bits per heavy atom. The molecule has 0 saturated carbocycles. The van der Waals surface area contributed by atoms with E-state index in [1.165, 1.54) is 7.11 Å². The third kappa shape index (κ3) is 2.66. The molecule has 3 N–H and O–H groups in total. The average Bonchev–Trinajstić information content (AvgIpc) is 2.55. The molecular weight excluding hydrogens is 200 g/mol. The zero-order valence-electron chi connectivity index (χ0n) is 9.06. The van der Waals surface area contributed by atoms with Gasteiger partial charge in [0.15, 0.2) is 0 Å².